The fraction of sp³-hybridized carbons (Fsp3) is 0.290. The van der Waals surface area contributed by atoms with Crippen molar-refractivity contribution >= 4 is 21.8 Å². The molecule has 10 aromatic rings. The Labute approximate surface area is 452 Å². The zero-order valence-electron chi connectivity index (χ0n) is 51.4. The van der Waals surface area contributed by atoms with E-state index in [1.807, 2.05) is 53.2 Å². The molecule has 75 heavy (non-hydrogen) atoms. The van der Waals surface area contributed by atoms with Crippen molar-refractivity contribution in [1.82, 2.24) is 19.3 Å². The van der Waals surface area contributed by atoms with Crippen LogP contribution in [0, 0.1) is 6.33 Å². The van der Waals surface area contributed by atoms with Crippen LogP contribution in [0.15, 0.2) is 170 Å². The first-order chi connectivity index (χ1) is 37.4. The first-order valence-electron chi connectivity index (χ1n) is 28.6. The highest BCUT2D eigenvalue weighted by atomic mass is 16.5. The zero-order valence-corrected chi connectivity index (χ0v) is 46.4. The Morgan fingerprint density at radius 1 is 0.480 bits per heavy atom. The van der Waals surface area contributed by atoms with Gasteiger partial charge < -0.3 is 9.30 Å². The largest absolute Gasteiger partial charge is 0.458 e. The van der Waals surface area contributed by atoms with Gasteiger partial charge in [-0.25, -0.2) is 4.98 Å². The van der Waals surface area contributed by atoms with Crippen LogP contribution >= 0.6 is 0 Å². The van der Waals surface area contributed by atoms with Crippen molar-refractivity contribution < 1.29 is 16.2 Å². The molecule has 7 aromatic carbocycles. The third-order valence-electron chi connectivity index (χ3n) is 14.3. The standard InChI is InChI=1S/C69H73N5O/c1-65(2,3)48-33-34-70-62(41-48)74-60-30-20-19-27-58(60)59-32-31-55(43-61(59)74)75-54-26-21-25-53(42-54)73-44-72(64(71-73)47-37-51(68(10,11)12)40-52(38-47)69(13,14)15)63-56(45-23-17-16-18-24-45)28-22-29-57(63)46-35-49(66(4,5)6)39-50(36-46)67(7,8)9/h16-43H,1-15H3/i16D,17D,18D,23D,24D. The molecule has 6 heteroatoms. The summed E-state index contributed by atoms with van der Waals surface area (Å²) in [6.45, 7) is 33.2. The van der Waals surface area contributed by atoms with Gasteiger partial charge in [-0.3, -0.25) is 4.57 Å². The molecule has 0 atom stereocenters. The van der Waals surface area contributed by atoms with Crippen molar-refractivity contribution in [2.75, 3.05) is 0 Å². The second-order valence-electron chi connectivity index (χ2n) is 25.3. The van der Waals surface area contributed by atoms with Crippen LogP contribution in [-0.2, 0) is 27.1 Å². The molecule has 3 heterocycles. The molecular weight excluding hydrogens is 915 g/mol. The summed E-state index contributed by atoms with van der Waals surface area (Å²) in [5, 5.41) is 7.70. The lowest BCUT2D eigenvalue weighted by Gasteiger charge is -2.28. The molecule has 3 aromatic heterocycles. The minimum Gasteiger partial charge on any atom is -0.458 e. The lowest BCUT2D eigenvalue weighted by Crippen LogP contribution is -2.34. The number of hydrogen-bond donors (Lipinski definition) is 0. The van der Waals surface area contributed by atoms with Gasteiger partial charge in [-0.2, -0.15) is 4.68 Å². The summed E-state index contributed by atoms with van der Waals surface area (Å²) in [5.74, 6) is 2.59. The molecule has 0 aliphatic rings. The van der Waals surface area contributed by atoms with E-state index in [2.05, 4.69) is 206 Å². The second-order valence-corrected chi connectivity index (χ2v) is 25.3. The Morgan fingerprint density at radius 3 is 1.64 bits per heavy atom. The fourth-order valence-corrected chi connectivity index (χ4v) is 9.72. The summed E-state index contributed by atoms with van der Waals surface area (Å²) in [6.07, 6.45) is 5.58. The van der Waals surface area contributed by atoms with Crippen molar-refractivity contribution in [2.24, 2.45) is 0 Å². The Hall–Kier alpha value is -7.57. The van der Waals surface area contributed by atoms with Crippen molar-refractivity contribution in [1.29, 1.82) is 0 Å². The molecule has 0 N–H and O–H groups in total. The zero-order chi connectivity index (χ0) is 57.8. The van der Waals surface area contributed by atoms with Crippen LogP contribution in [0.4, 0.5) is 0 Å². The van der Waals surface area contributed by atoms with E-state index >= 15 is 0 Å². The van der Waals surface area contributed by atoms with E-state index in [9.17, 15) is 2.74 Å². The van der Waals surface area contributed by atoms with Crippen molar-refractivity contribution in [3.63, 3.8) is 0 Å². The average Bonchev–Trinajstić information content (AvgIpc) is 4.12. The molecule has 6 nitrogen and oxygen atoms in total. The van der Waals surface area contributed by atoms with Crippen LogP contribution in [0.5, 0.6) is 11.5 Å². The third-order valence-corrected chi connectivity index (χ3v) is 14.3. The Kier molecular flexibility index (Phi) is 11.2. The van der Waals surface area contributed by atoms with Crippen molar-refractivity contribution in [3.8, 4) is 62.3 Å². The van der Waals surface area contributed by atoms with Crippen LogP contribution in [0.1, 0.15) is 139 Å². The lowest BCUT2D eigenvalue weighted by molar-refractivity contribution is -0.587. The highest BCUT2D eigenvalue weighted by Crippen LogP contribution is 2.41. The average molecular weight is 993 g/mol. The van der Waals surface area contributed by atoms with Crippen molar-refractivity contribution in [3.05, 3.63) is 204 Å². The fourth-order valence-electron chi connectivity index (χ4n) is 9.72. The molecule has 0 radical (unpaired) electrons. The topological polar surface area (TPSA) is 48.8 Å². The van der Waals surface area contributed by atoms with Crippen LogP contribution in [0.3, 0.4) is 0 Å². The summed E-state index contributed by atoms with van der Waals surface area (Å²) in [6, 6.07) is 44.0. The molecule has 0 saturated heterocycles. The monoisotopic (exact) mass is 993 g/mol. The number of benzene rings is 7. The molecule has 0 spiro atoms. The van der Waals surface area contributed by atoms with E-state index in [-0.39, 0.29) is 44.7 Å². The number of ether oxygens (including phenoxy) is 1. The van der Waals surface area contributed by atoms with Crippen LogP contribution < -0.4 is 9.30 Å². The Balaban J connectivity index is 1.23. The van der Waals surface area contributed by atoms with Crippen molar-refractivity contribution in [2.45, 2.75) is 131 Å². The van der Waals surface area contributed by atoms with Gasteiger partial charge in [0.15, 0.2) is 0 Å². The van der Waals surface area contributed by atoms with Crippen LogP contribution in [0.25, 0.3) is 72.6 Å². The lowest BCUT2D eigenvalue weighted by atomic mass is 9.78. The predicted octanol–water partition coefficient (Wildman–Crippen LogP) is 17.7. The molecule has 0 aliphatic carbocycles. The molecule has 0 fully saturated rings. The normalized spacial score (nSPS) is 13.7. The summed E-state index contributed by atoms with van der Waals surface area (Å²) < 4.78 is 58.0. The molecule has 0 amide bonds. The molecule has 0 unspecified atom stereocenters. The highest BCUT2D eigenvalue weighted by Gasteiger charge is 2.28. The van der Waals surface area contributed by atoms with Gasteiger partial charge in [-0.1, -0.05) is 219 Å². The van der Waals surface area contributed by atoms with E-state index in [0.29, 0.717) is 34.3 Å². The molecule has 0 aliphatic heterocycles. The van der Waals surface area contributed by atoms with Gasteiger partial charge in [-0.05, 0) is 125 Å². The molecule has 10 rings (SSSR count). The minimum absolute atomic E-state index is 0.0716. The van der Waals surface area contributed by atoms with Gasteiger partial charge in [0.2, 0.25) is 12.2 Å². The van der Waals surface area contributed by atoms with Crippen LogP contribution in [-0.4, -0.2) is 19.3 Å². The first-order valence-corrected chi connectivity index (χ1v) is 26.1. The third kappa shape index (κ3) is 10.2. The summed E-state index contributed by atoms with van der Waals surface area (Å²) >= 11 is 0. The number of fused-ring (bicyclic) bond motifs is 3. The molecule has 380 valence electrons. The van der Waals surface area contributed by atoms with E-state index in [4.69, 9.17) is 18.9 Å². The Morgan fingerprint density at radius 2 is 1.03 bits per heavy atom. The predicted molar refractivity (Wildman–Crippen MR) is 312 cm³/mol. The van der Waals surface area contributed by atoms with Gasteiger partial charge in [0.05, 0.1) is 23.6 Å². The number of para-hydroxylation sites is 2. The quantitative estimate of drug-likeness (QED) is 0.113. The second kappa shape index (κ2) is 18.7. The van der Waals surface area contributed by atoms with Gasteiger partial charge in [0, 0.05) is 34.3 Å². The SMILES string of the molecule is [2H]c1c([2H])c([2H])c(-c2cccc(-c3cc(C(C)(C)C)cc(C(C)(C)C)c3)c2-[n+]2[c-]n(-c3cccc(Oc4ccc5c6ccccc6n(-c6cc(C(C)(C)C)ccn6)c5c4)c3)nc2-c2cc(C(C)(C)C)cc(C(C)(C)C)c2)c([2H])c1[2H]. The number of aromatic nitrogens is 5. The van der Waals surface area contributed by atoms with E-state index < -0.39 is 18.1 Å². The maximum atomic E-state index is 9.43. The van der Waals surface area contributed by atoms with Crippen LogP contribution in [0.2, 0.25) is 0 Å². The number of rotatable bonds is 8. The number of nitrogens with zero attached hydrogens (tertiary/aromatic N) is 5. The van der Waals surface area contributed by atoms with Gasteiger partial charge in [0.25, 0.3) is 0 Å². The maximum absolute atomic E-state index is 9.43. The molecular formula is C69H73N5O. The minimum atomic E-state index is -0.456. The summed E-state index contributed by atoms with van der Waals surface area (Å²) in [4.78, 5) is 4.90. The highest BCUT2D eigenvalue weighted by molar-refractivity contribution is 6.09. The van der Waals surface area contributed by atoms with E-state index in [0.717, 1.165) is 66.6 Å². The number of hydrogen-bond acceptors (Lipinski definition) is 3. The van der Waals surface area contributed by atoms with Gasteiger partial charge in [-0.15, -0.1) is 0 Å². The number of pyridine rings is 1. The maximum Gasteiger partial charge on any atom is 0.231 e. The first kappa shape index (κ1) is 44.9. The Bertz CT molecular complexity index is 3980. The van der Waals surface area contributed by atoms with E-state index in [1.54, 1.807) is 4.68 Å². The van der Waals surface area contributed by atoms with E-state index in [1.165, 1.54) is 5.56 Å². The summed E-state index contributed by atoms with van der Waals surface area (Å²) in [7, 11) is 0. The van der Waals surface area contributed by atoms with Gasteiger partial charge >= 0.3 is 0 Å². The summed E-state index contributed by atoms with van der Waals surface area (Å²) in [5.41, 5.74) is 11.0. The molecule has 0 saturated carbocycles. The van der Waals surface area contributed by atoms with Gasteiger partial charge in [0.1, 0.15) is 17.3 Å². The molecule has 0 bridgehead atoms. The smallest absolute Gasteiger partial charge is 0.231 e.